The Morgan fingerprint density at radius 2 is 1.69 bits per heavy atom. The topological polar surface area (TPSA) is 44.5 Å². The summed E-state index contributed by atoms with van der Waals surface area (Å²) in [6, 6.07) is 8.23. The molecule has 0 heterocycles. The first-order valence-corrected chi connectivity index (χ1v) is 5.62. The van der Waals surface area contributed by atoms with Crippen LogP contribution in [0.3, 0.4) is 0 Å². The summed E-state index contributed by atoms with van der Waals surface area (Å²) in [7, 11) is 3.21. The Morgan fingerprint density at radius 3 is 2.06 bits per heavy atom. The van der Waals surface area contributed by atoms with E-state index in [1.807, 2.05) is 12.1 Å². The molecule has 3 nitrogen and oxygen atoms in total. The van der Waals surface area contributed by atoms with Crippen LogP contribution in [0.5, 0.6) is 0 Å². The van der Waals surface area contributed by atoms with E-state index < -0.39 is 5.79 Å². The van der Waals surface area contributed by atoms with Crippen molar-refractivity contribution in [2.24, 2.45) is 5.73 Å². The van der Waals surface area contributed by atoms with Gasteiger partial charge in [-0.25, -0.2) is 0 Å². The Morgan fingerprint density at radius 1 is 1.12 bits per heavy atom. The maximum absolute atomic E-state index is 5.71. The Bertz CT molecular complexity index is 296. The molecule has 0 atom stereocenters. The van der Waals surface area contributed by atoms with Gasteiger partial charge >= 0.3 is 0 Å². The molecular formula is C13H21NO2. The fraction of sp³-hybridized carbons (Fsp3) is 0.538. The van der Waals surface area contributed by atoms with Gasteiger partial charge in [0.15, 0.2) is 0 Å². The van der Waals surface area contributed by atoms with E-state index in [-0.39, 0.29) is 0 Å². The van der Waals surface area contributed by atoms with Crippen LogP contribution in [-0.2, 0) is 21.7 Å². The van der Waals surface area contributed by atoms with E-state index in [1.54, 1.807) is 14.2 Å². The lowest BCUT2D eigenvalue weighted by Crippen LogP contribution is -2.38. The number of aryl methyl sites for hydroxylation is 1. The first-order valence-electron chi connectivity index (χ1n) is 5.62. The van der Waals surface area contributed by atoms with Crippen molar-refractivity contribution < 1.29 is 9.47 Å². The Hall–Kier alpha value is -0.900. The summed E-state index contributed by atoms with van der Waals surface area (Å²) in [5.74, 6) is -0.815. The second kappa shape index (κ2) is 5.99. The molecule has 0 unspecified atom stereocenters. The summed E-state index contributed by atoms with van der Waals surface area (Å²) in [4.78, 5) is 0. The molecule has 0 radical (unpaired) electrons. The summed E-state index contributed by atoms with van der Waals surface area (Å²) in [6.07, 6.45) is 2.24. The van der Waals surface area contributed by atoms with Crippen LogP contribution in [0.2, 0.25) is 0 Å². The third-order valence-corrected chi connectivity index (χ3v) is 2.86. The molecule has 1 aromatic rings. The number of rotatable bonds is 6. The second-order valence-corrected chi connectivity index (χ2v) is 3.81. The van der Waals surface area contributed by atoms with Crippen molar-refractivity contribution in [1.82, 2.24) is 0 Å². The summed E-state index contributed by atoms with van der Waals surface area (Å²) >= 11 is 0. The molecule has 0 bridgehead atoms. The quantitative estimate of drug-likeness (QED) is 0.751. The minimum atomic E-state index is -0.815. The van der Waals surface area contributed by atoms with E-state index >= 15 is 0 Å². The molecule has 1 rings (SSSR count). The van der Waals surface area contributed by atoms with Gasteiger partial charge in [-0.3, -0.25) is 0 Å². The maximum atomic E-state index is 5.71. The lowest BCUT2D eigenvalue weighted by molar-refractivity contribution is -0.207. The highest BCUT2D eigenvalue weighted by atomic mass is 16.7. The average molecular weight is 223 g/mol. The zero-order valence-electron chi connectivity index (χ0n) is 10.3. The van der Waals surface area contributed by atoms with Crippen LogP contribution >= 0.6 is 0 Å². The van der Waals surface area contributed by atoms with E-state index in [9.17, 15) is 0 Å². The molecule has 0 spiro atoms. The third kappa shape index (κ3) is 2.61. The maximum Gasteiger partial charge on any atom is 0.207 e. The molecule has 2 N–H and O–H groups in total. The zero-order chi connectivity index (χ0) is 12.0. The molecule has 16 heavy (non-hydrogen) atoms. The molecule has 0 aliphatic carbocycles. The van der Waals surface area contributed by atoms with Crippen LogP contribution in [0.1, 0.15) is 24.5 Å². The molecular weight excluding hydrogens is 202 g/mol. The number of hydrogen-bond acceptors (Lipinski definition) is 3. The first kappa shape index (κ1) is 13.2. The van der Waals surface area contributed by atoms with Crippen LogP contribution < -0.4 is 5.73 Å². The van der Waals surface area contributed by atoms with Gasteiger partial charge in [0.2, 0.25) is 5.79 Å². The summed E-state index contributed by atoms with van der Waals surface area (Å²) in [5.41, 5.74) is 7.99. The van der Waals surface area contributed by atoms with Gasteiger partial charge in [0.05, 0.1) is 6.54 Å². The van der Waals surface area contributed by atoms with Crippen LogP contribution in [0.15, 0.2) is 24.3 Å². The van der Waals surface area contributed by atoms with Gasteiger partial charge in [-0.15, -0.1) is 0 Å². The zero-order valence-corrected chi connectivity index (χ0v) is 10.3. The predicted molar refractivity (Wildman–Crippen MR) is 65.2 cm³/mol. The lowest BCUT2D eigenvalue weighted by Gasteiger charge is -2.29. The monoisotopic (exact) mass is 223 g/mol. The van der Waals surface area contributed by atoms with Gasteiger partial charge in [-0.2, -0.15) is 0 Å². The normalized spacial score (nSPS) is 11.8. The molecule has 1 aromatic carbocycles. The molecule has 3 heteroatoms. The van der Waals surface area contributed by atoms with Crippen molar-refractivity contribution in [3.8, 4) is 0 Å². The smallest absolute Gasteiger partial charge is 0.207 e. The number of methoxy groups -OCH3 is 2. The largest absolute Gasteiger partial charge is 0.348 e. The standard InChI is InChI=1S/C13H21NO2/c1-4-5-11-6-8-12(9-7-11)13(10-14,15-2)16-3/h6-9H,4-5,10,14H2,1-3H3. The minimum absolute atomic E-state index is 0.299. The lowest BCUT2D eigenvalue weighted by atomic mass is 10.0. The Labute approximate surface area is 97.6 Å². The van der Waals surface area contributed by atoms with Crippen LogP contribution in [0.25, 0.3) is 0 Å². The predicted octanol–water partition coefficient (Wildman–Crippen LogP) is 2.04. The third-order valence-electron chi connectivity index (χ3n) is 2.86. The highest BCUT2D eigenvalue weighted by Gasteiger charge is 2.30. The number of nitrogens with two attached hydrogens (primary N) is 1. The van der Waals surface area contributed by atoms with Crippen molar-refractivity contribution >= 4 is 0 Å². The van der Waals surface area contributed by atoms with Gasteiger partial charge in [-0.1, -0.05) is 37.6 Å². The van der Waals surface area contributed by atoms with Gasteiger partial charge in [-0.05, 0) is 12.0 Å². The van der Waals surface area contributed by atoms with Crippen molar-refractivity contribution in [3.05, 3.63) is 35.4 Å². The SMILES string of the molecule is CCCc1ccc(C(CN)(OC)OC)cc1. The summed E-state index contributed by atoms with van der Waals surface area (Å²) < 4.78 is 10.7. The van der Waals surface area contributed by atoms with Crippen LogP contribution in [0.4, 0.5) is 0 Å². The Kier molecular flexibility index (Phi) is 4.93. The van der Waals surface area contributed by atoms with Crippen molar-refractivity contribution in [2.75, 3.05) is 20.8 Å². The van der Waals surface area contributed by atoms with E-state index in [2.05, 4.69) is 19.1 Å². The van der Waals surface area contributed by atoms with Gasteiger partial charge in [0, 0.05) is 19.8 Å². The number of hydrogen-bond donors (Lipinski definition) is 1. The summed E-state index contributed by atoms with van der Waals surface area (Å²) in [6.45, 7) is 2.47. The minimum Gasteiger partial charge on any atom is -0.348 e. The molecule has 0 fully saturated rings. The number of ether oxygens (including phenoxy) is 2. The fourth-order valence-electron chi connectivity index (χ4n) is 1.82. The average Bonchev–Trinajstić information content (AvgIpc) is 2.34. The molecule has 0 amide bonds. The van der Waals surface area contributed by atoms with Gasteiger partial charge in [0.25, 0.3) is 0 Å². The molecule has 0 aliphatic rings. The number of benzene rings is 1. The molecule has 0 aliphatic heterocycles. The molecule has 0 saturated heterocycles. The molecule has 90 valence electrons. The van der Waals surface area contributed by atoms with Crippen molar-refractivity contribution in [2.45, 2.75) is 25.6 Å². The molecule has 0 aromatic heterocycles. The second-order valence-electron chi connectivity index (χ2n) is 3.81. The van der Waals surface area contributed by atoms with Crippen molar-refractivity contribution in [1.29, 1.82) is 0 Å². The van der Waals surface area contributed by atoms with E-state index in [4.69, 9.17) is 15.2 Å². The highest BCUT2D eigenvalue weighted by Crippen LogP contribution is 2.25. The van der Waals surface area contributed by atoms with Crippen LogP contribution in [0, 0.1) is 0 Å². The first-order chi connectivity index (χ1) is 7.72. The fourth-order valence-corrected chi connectivity index (χ4v) is 1.82. The van der Waals surface area contributed by atoms with E-state index in [0.29, 0.717) is 6.54 Å². The van der Waals surface area contributed by atoms with Gasteiger partial charge < -0.3 is 15.2 Å². The van der Waals surface area contributed by atoms with Crippen LogP contribution in [-0.4, -0.2) is 20.8 Å². The van der Waals surface area contributed by atoms with E-state index in [0.717, 1.165) is 18.4 Å². The van der Waals surface area contributed by atoms with E-state index in [1.165, 1.54) is 5.56 Å². The Balaban J connectivity index is 2.94. The van der Waals surface area contributed by atoms with Gasteiger partial charge in [0.1, 0.15) is 0 Å². The van der Waals surface area contributed by atoms with Crippen molar-refractivity contribution in [3.63, 3.8) is 0 Å². The highest BCUT2D eigenvalue weighted by molar-refractivity contribution is 5.26. The summed E-state index contributed by atoms with van der Waals surface area (Å²) in [5, 5.41) is 0. The molecule has 0 saturated carbocycles.